The van der Waals surface area contributed by atoms with Crippen LogP contribution in [0.15, 0.2) is 83.0 Å². The fraction of sp³-hybridized carbons (Fsp3) is 0.525. The second-order valence-corrected chi connectivity index (χ2v) is 13.6. The Labute approximate surface area is 275 Å². The van der Waals surface area contributed by atoms with E-state index in [9.17, 15) is 25.2 Å². The molecule has 2 saturated carbocycles. The molecule has 1 aromatic carbocycles. The minimum absolute atomic E-state index is 0.00815. The Morgan fingerprint density at radius 2 is 1.91 bits per heavy atom. The van der Waals surface area contributed by atoms with E-state index in [0.29, 0.717) is 63.7 Å². The molecule has 1 heterocycles. The fourth-order valence-corrected chi connectivity index (χ4v) is 7.89. The number of hydrogen-bond donors (Lipinski definition) is 4. The SMILES string of the molecule is C=C1C=CC=C(C2CCC3(C(CCCO)C(=C(C)C(=O)Cc4ccc(O)cc4)CCC3(C)O)C2O)COCC#CCC(C)=CCC1. The largest absolute Gasteiger partial charge is 0.508 e. The molecule has 1 aliphatic heterocycles. The lowest BCUT2D eigenvalue weighted by Crippen LogP contribution is -2.59. The van der Waals surface area contributed by atoms with Crippen molar-refractivity contribution in [2.75, 3.05) is 19.8 Å². The number of rotatable bonds is 7. The number of carbonyl (C=O) groups excluding carboxylic acids is 1. The van der Waals surface area contributed by atoms with Crippen LogP contribution in [0.2, 0.25) is 0 Å². The van der Waals surface area contributed by atoms with Gasteiger partial charge >= 0.3 is 0 Å². The van der Waals surface area contributed by atoms with E-state index in [-0.39, 0.29) is 36.4 Å². The van der Waals surface area contributed by atoms with Crippen LogP contribution < -0.4 is 0 Å². The molecule has 5 atom stereocenters. The van der Waals surface area contributed by atoms with Crippen LogP contribution in [0.5, 0.6) is 5.75 Å². The van der Waals surface area contributed by atoms with Crippen LogP contribution in [0.4, 0.5) is 0 Å². The van der Waals surface area contributed by atoms with Crippen LogP contribution in [-0.4, -0.2) is 57.7 Å². The average Bonchev–Trinajstić information content (AvgIpc) is 3.36. The molecule has 4 rings (SSSR count). The molecule has 0 radical (unpaired) electrons. The highest BCUT2D eigenvalue weighted by molar-refractivity contribution is 5.97. The minimum Gasteiger partial charge on any atom is -0.508 e. The Morgan fingerprint density at radius 1 is 1.15 bits per heavy atom. The van der Waals surface area contributed by atoms with Gasteiger partial charge in [0.2, 0.25) is 0 Å². The predicted octanol–water partition coefficient (Wildman–Crippen LogP) is 6.70. The van der Waals surface area contributed by atoms with Crippen molar-refractivity contribution >= 4 is 5.78 Å². The van der Waals surface area contributed by atoms with Gasteiger partial charge in [-0.3, -0.25) is 4.79 Å². The average molecular weight is 629 g/mol. The van der Waals surface area contributed by atoms with Gasteiger partial charge in [0.25, 0.3) is 0 Å². The maximum Gasteiger partial charge on any atom is 0.162 e. The number of carbonyl (C=O) groups is 1. The molecular weight excluding hydrogens is 576 g/mol. The molecule has 0 saturated heterocycles. The van der Waals surface area contributed by atoms with Gasteiger partial charge in [0, 0.05) is 30.8 Å². The van der Waals surface area contributed by atoms with E-state index in [2.05, 4.69) is 31.4 Å². The topological polar surface area (TPSA) is 107 Å². The van der Waals surface area contributed by atoms with Crippen LogP contribution in [-0.2, 0) is 16.0 Å². The zero-order chi connectivity index (χ0) is 33.3. The number of allylic oxidation sites excluding steroid dienone is 8. The lowest BCUT2D eigenvalue weighted by Gasteiger charge is -2.55. The van der Waals surface area contributed by atoms with Gasteiger partial charge in [-0.05, 0) is 107 Å². The number of aromatic hydroxyl groups is 1. The fourth-order valence-electron chi connectivity index (χ4n) is 7.89. The first-order valence-electron chi connectivity index (χ1n) is 16.8. The van der Waals surface area contributed by atoms with Gasteiger partial charge in [-0.15, -0.1) is 0 Å². The Kier molecular flexibility index (Phi) is 12.4. The van der Waals surface area contributed by atoms with Crippen molar-refractivity contribution in [2.45, 2.75) is 96.7 Å². The number of benzene rings is 1. The molecule has 5 unspecified atom stereocenters. The molecule has 1 aromatic rings. The highest BCUT2D eigenvalue weighted by atomic mass is 16.5. The number of Topliss-reactive ketones (excluding diaryl/α,β-unsaturated/α-hetero) is 1. The normalized spacial score (nSPS) is 30.5. The van der Waals surface area contributed by atoms with Gasteiger partial charge in [-0.2, -0.15) is 0 Å². The van der Waals surface area contributed by atoms with Crippen molar-refractivity contribution in [1.29, 1.82) is 0 Å². The molecule has 2 aliphatic carbocycles. The molecule has 46 heavy (non-hydrogen) atoms. The van der Waals surface area contributed by atoms with Crippen LogP contribution in [0, 0.1) is 29.1 Å². The van der Waals surface area contributed by atoms with Crippen molar-refractivity contribution < 1.29 is 30.0 Å². The maximum atomic E-state index is 13.6. The second-order valence-electron chi connectivity index (χ2n) is 13.6. The molecule has 248 valence electrons. The van der Waals surface area contributed by atoms with Crippen LogP contribution in [0.3, 0.4) is 0 Å². The summed E-state index contributed by atoms with van der Waals surface area (Å²) in [5.74, 6) is 5.92. The number of ketones is 1. The highest BCUT2D eigenvalue weighted by Crippen LogP contribution is 2.63. The van der Waals surface area contributed by atoms with Crippen molar-refractivity contribution in [2.24, 2.45) is 17.3 Å². The van der Waals surface area contributed by atoms with Crippen LogP contribution in [0.1, 0.15) is 84.1 Å². The van der Waals surface area contributed by atoms with Gasteiger partial charge in [-0.25, -0.2) is 0 Å². The quantitative estimate of drug-likeness (QED) is 0.152. The van der Waals surface area contributed by atoms with Crippen molar-refractivity contribution in [3.05, 3.63) is 88.6 Å². The number of ether oxygens (including phenoxy) is 1. The van der Waals surface area contributed by atoms with E-state index in [1.54, 1.807) is 24.3 Å². The lowest BCUT2D eigenvalue weighted by molar-refractivity contribution is -0.167. The summed E-state index contributed by atoms with van der Waals surface area (Å²) >= 11 is 0. The van der Waals surface area contributed by atoms with Crippen molar-refractivity contribution in [3.63, 3.8) is 0 Å². The molecule has 0 amide bonds. The number of hydrogen-bond acceptors (Lipinski definition) is 6. The molecule has 6 nitrogen and oxygen atoms in total. The van der Waals surface area contributed by atoms with E-state index < -0.39 is 17.1 Å². The first-order chi connectivity index (χ1) is 22.0. The van der Waals surface area contributed by atoms with Crippen LogP contribution in [0.25, 0.3) is 0 Å². The predicted molar refractivity (Wildman–Crippen MR) is 183 cm³/mol. The lowest BCUT2D eigenvalue weighted by atomic mass is 9.52. The highest BCUT2D eigenvalue weighted by Gasteiger charge is 2.64. The Balaban J connectivity index is 1.67. The Hall–Kier alpha value is -3.21. The smallest absolute Gasteiger partial charge is 0.162 e. The molecule has 0 bridgehead atoms. The third-order valence-corrected chi connectivity index (χ3v) is 10.6. The van der Waals surface area contributed by atoms with Gasteiger partial charge < -0.3 is 25.2 Å². The third kappa shape index (κ3) is 8.19. The molecule has 4 N–H and O–H groups in total. The van der Waals surface area contributed by atoms with E-state index in [1.807, 2.05) is 32.1 Å². The molecular formula is C40H52O6. The summed E-state index contributed by atoms with van der Waals surface area (Å²) in [5.41, 5.74) is 3.60. The van der Waals surface area contributed by atoms with E-state index in [4.69, 9.17) is 4.74 Å². The molecule has 2 fully saturated rings. The summed E-state index contributed by atoms with van der Waals surface area (Å²) in [6, 6.07) is 6.67. The van der Waals surface area contributed by atoms with E-state index in [0.717, 1.165) is 35.1 Å². The van der Waals surface area contributed by atoms with Crippen molar-refractivity contribution in [3.8, 4) is 17.6 Å². The summed E-state index contributed by atoms with van der Waals surface area (Å²) in [6.45, 7) is 10.6. The Morgan fingerprint density at radius 3 is 2.65 bits per heavy atom. The summed E-state index contributed by atoms with van der Waals surface area (Å²) in [5, 5.41) is 44.1. The molecule has 3 aliphatic rings. The number of aliphatic hydroxyl groups excluding tert-OH is 2. The molecule has 0 aromatic heterocycles. The number of aliphatic hydroxyl groups is 3. The van der Waals surface area contributed by atoms with E-state index >= 15 is 0 Å². The van der Waals surface area contributed by atoms with Gasteiger partial charge in [0.05, 0.1) is 18.3 Å². The molecule has 6 heteroatoms. The summed E-state index contributed by atoms with van der Waals surface area (Å²) in [7, 11) is 0. The zero-order valence-corrected chi connectivity index (χ0v) is 27.9. The zero-order valence-electron chi connectivity index (χ0n) is 27.9. The second kappa shape index (κ2) is 16.1. The summed E-state index contributed by atoms with van der Waals surface area (Å²) in [6.07, 6.45) is 13.3. The molecule has 1 spiro atoms. The monoisotopic (exact) mass is 628 g/mol. The van der Waals surface area contributed by atoms with Gasteiger partial charge in [-0.1, -0.05) is 71.6 Å². The summed E-state index contributed by atoms with van der Waals surface area (Å²) < 4.78 is 6.03. The standard InChI is InChI=1S/C40H52O6/c1-28-10-5-6-25-46-27-32(14-8-13-29(2)12-7-11-28)35-21-23-40(38(35)44)36(15-9-24-41)34(20-22-39(40,4)45)30(3)37(43)26-31-16-18-33(42)19-17-31/h8,11,13-14,16-19,35-36,38,41-42,44-45H,2,7,9-10,12,15,20-27H2,1,3-4H3. The third-order valence-electron chi connectivity index (χ3n) is 10.6. The van der Waals surface area contributed by atoms with Gasteiger partial charge in [0.1, 0.15) is 12.4 Å². The maximum absolute atomic E-state index is 13.6. The Bertz CT molecular complexity index is 1430. The van der Waals surface area contributed by atoms with E-state index in [1.165, 1.54) is 5.57 Å². The number of phenols is 1. The number of phenolic OH excluding ortho intramolecular Hbond substituents is 1. The van der Waals surface area contributed by atoms with Gasteiger partial charge in [0.15, 0.2) is 5.78 Å². The van der Waals surface area contributed by atoms with Crippen LogP contribution >= 0.6 is 0 Å². The van der Waals surface area contributed by atoms with Crippen molar-refractivity contribution in [1.82, 2.24) is 0 Å². The first-order valence-corrected chi connectivity index (χ1v) is 16.8. The minimum atomic E-state index is -1.17. The first kappa shape index (κ1) is 35.6. The summed E-state index contributed by atoms with van der Waals surface area (Å²) in [4.78, 5) is 13.6.